The summed E-state index contributed by atoms with van der Waals surface area (Å²) >= 11 is 0. The van der Waals surface area contributed by atoms with E-state index in [2.05, 4.69) is 80.6 Å². The molecule has 3 aromatic rings. The smallest absolute Gasteiger partial charge is 0.119 e. The molecule has 1 heteroatoms. The molecule has 3 aromatic carbocycles. The van der Waals surface area contributed by atoms with Crippen LogP contribution in [0.4, 0.5) is 0 Å². The molecule has 0 fully saturated rings. The van der Waals surface area contributed by atoms with Gasteiger partial charge in [-0.3, -0.25) is 0 Å². The molecule has 0 heterocycles. The zero-order valence-corrected chi connectivity index (χ0v) is 19.9. The van der Waals surface area contributed by atoms with E-state index in [0.717, 1.165) is 25.2 Å². The lowest BCUT2D eigenvalue weighted by atomic mass is 9.79. The molecule has 0 saturated carbocycles. The Balaban J connectivity index is 1.39. The van der Waals surface area contributed by atoms with E-state index in [1.807, 2.05) is 0 Å². The van der Waals surface area contributed by atoms with E-state index in [9.17, 15) is 0 Å². The van der Waals surface area contributed by atoms with Gasteiger partial charge in [0.1, 0.15) is 5.75 Å². The van der Waals surface area contributed by atoms with Gasteiger partial charge < -0.3 is 4.74 Å². The Kier molecular flexibility index (Phi) is 8.04. The number of ether oxygens (including phenoxy) is 1. The third kappa shape index (κ3) is 5.82. The molecule has 0 amide bonds. The zero-order chi connectivity index (χ0) is 22.2. The average molecular weight is 427 g/mol. The highest BCUT2D eigenvalue weighted by Crippen LogP contribution is 2.35. The van der Waals surface area contributed by atoms with E-state index >= 15 is 0 Å². The largest absolute Gasteiger partial charge is 0.494 e. The van der Waals surface area contributed by atoms with Gasteiger partial charge in [-0.2, -0.15) is 0 Å². The Labute approximate surface area is 194 Å². The number of hydrogen-bond donors (Lipinski definition) is 0. The van der Waals surface area contributed by atoms with Crippen LogP contribution in [0, 0.1) is 0 Å². The predicted molar refractivity (Wildman–Crippen MR) is 137 cm³/mol. The summed E-state index contributed by atoms with van der Waals surface area (Å²) in [5, 5.41) is 0. The van der Waals surface area contributed by atoms with Crippen molar-refractivity contribution < 1.29 is 4.74 Å². The van der Waals surface area contributed by atoms with Gasteiger partial charge in [0.05, 0.1) is 6.61 Å². The minimum atomic E-state index is 0.651. The number of benzene rings is 3. The summed E-state index contributed by atoms with van der Waals surface area (Å²) in [5.74, 6) is 1.62. The van der Waals surface area contributed by atoms with Gasteiger partial charge >= 0.3 is 0 Å². The molecule has 1 aliphatic rings. The van der Waals surface area contributed by atoms with Gasteiger partial charge in [0.15, 0.2) is 0 Å². The molecule has 0 saturated heterocycles. The molecule has 0 aromatic heterocycles. The second kappa shape index (κ2) is 11.4. The van der Waals surface area contributed by atoms with E-state index < -0.39 is 0 Å². The quantitative estimate of drug-likeness (QED) is 0.295. The fourth-order valence-electron chi connectivity index (χ4n) is 4.83. The first kappa shape index (κ1) is 22.6. The minimum absolute atomic E-state index is 0.651. The van der Waals surface area contributed by atoms with Gasteiger partial charge in [-0.05, 0) is 90.0 Å². The molecule has 1 unspecified atom stereocenters. The minimum Gasteiger partial charge on any atom is -0.494 e. The van der Waals surface area contributed by atoms with Crippen LogP contribution in [0.3, 0.4) is 0 Å². The van der Waals surface area contributed by atoms with E-state index in [1.165, 1.54) is 78.3 Å². The van der Waals surface area contributed by atoms with Crippen molar-refractivity contribution >= 4 is 0 Å². The average Bonchev–Trinajstić information content (AvgIpc) is 2.85. The lowest BCUT2D eigenvalue weighted by molar-refractivity contribution is 0.309. The maximum Gasteiger partial charge on any atom is 0.119 e. The Morgan fingerprint density at radius 3 is 2.25 bits per heavy atom. The summed E-state index contributed by atoms with van der Waals surface area (Å²) in [7, 11) is 0. The third-order valence-corrected chi connectivity index (χ3v) is 6.91. The number of fused-ring (bicyclic) bond motifs is 1. The van der Waals surface area contributed by atoms with Gasteiger partial charge in [-0.25, -0.2) is 0 Å². The first-order valence-electron chi connectivity index (χ1n) is 12.7. The standard InChI is InChI=1S/C31H38O/c1-3-5-7-8-24-9-11-25(12-10-24)27-13-15-30-23-28(14-16-29(30)22-27)26-17-19-31(20-18-26)32-21-6-4-2/h9-12,14,16-20,23,27H,3-8,13,15,21-22H2,1-2H3. The summed E-state index contributed by atoms with van der Waals surface area (Å²) < 4.78 is 5.81. The van der Waals surface area contributed by atoms with E-state index in [1.54, 1.807) is 0 Å². The second-order valence-corrected chi connectivity index (χ2v) is 9.35. The predicted octanol–water partition coefficient (Wildman–Crippen LogP) is 8.54. The fourth-order valence-corrected chi connectivity index (χ4v) is 4.83. The molecule has 1 atom stereocenters. The summed E-state index contributed by atoms with van der Waals surface area (Å²) in [4.78, 5) is 0. The van der Waals surface area contributed by atoms with E-state index in [0.29, 0.717) is 5.92 Å². The van der Waals surface area contributed by atoms with Gasteiger partial charge in [-0.15, -0.1) is 0 Å². The molecule has 4 rings (SSSR count). The van der Waals surface area contributed by atoms with Gasteiger partial charge in [0.25, 0.3) is 0 Å². The Bertz CT molecular complexity index is 968. The molecule has 0 radical (unpaired) electrons. The summed E-state index contributed by atoms with van der Waals surface area (Å²) in [5.41, 5.74) is 8.65. The van der Waals surface area contributed by atoms with Crippen LogP contribution in [-0.2, 0) is 19.3 Å². The summed E-state index contributed by atoms with van der Waals surface area (Å²) in [6.07, 6.45) is 11.0. The van der Waals surface area contributed by atoms with Crippen molar-refractivity contribution in [3.05, 3.63) is 89.0 Å². The number of rotatable bonds is 10. The number of aryl methyl sites for hydroxylation is 2. The first-order valence-corrected chi connectivity index (χ1v) is 12.7. The van der Waals surface area contributed by atoms with Crippen LogP contribution >= 0.6 is 0 Å². The maximum absolute atomic E-state index is 5.81. The van der Waals surface area contributed by atoms with Crippen LogP contribution in [-0.4, -0.2) is 6.61 Å². The lowest BCUT2D eigenvalue weighted by Crippen LogP contribution is -2.13. The van der Waals surface area contributed by atoms with Crippen LogP contribution in [0.5, 0.6) is 5.75 Å². The molecular weight excluding hydrogens is 388 g/mol. The highest BCUT2D eigenvalue weighted by molar-refractivity contribution is 5.66. The molecule has 0 spiro atoms. The Morgan fingerprint density at radius 2 is 1.50 bits per heavy atom. The van der Waals surface area contributed by atoms with Crippen molar-refractivity contribution in [2.45, 2.75) is 77.6 Å². The highest BCUT2D eigenvalue weighted by atomic mass is 16.5. The molecule has 168 valence electrons. The van der Waals surface area contributed by atoms with E-state index in [-0.39, 0.29) is 0 Å². The maximum atomic E-state index is 5.81. The van der Waals surface area contributed by atoms with Crippen molar-refractivity contribution in [1.82, 2.24) is 0 Å². The van der Waals surface area contributed by atoms with Gasteiger partial charge in [0.2, 0.25) is 0 Å². The summed E-state index contributed by atoms with van der Waals surface area (Å²) in [6.45, 7) is 5.26. The molecule has 0 bridgehead atoms. The van der Waals surface area contributed by atoms with Crippen molar-refractivity contribution in [3.63, 3.8) is 0 Å². The number of hydrogen-bond acceptors (Lipinski definition) is 1. The van der Waals surface area contributed by atoms with Crippen molar-refractivity contribution in [1.29, 1.82) is 0 Å². The highest BCUT2D eigenvalue weighted by Gasteiger charge is 2.20. The third-order valence-electron chi connectivity index (χ3n) is 6.91. The van der Waals surface area contributed by atoms with E-state index in [4.69, 9.17) is 4.74 Å². The number of unbranched alkanes of at least 4 members (excludes halogenated alkanes) is 3. The second-order valence-electron chi connectivity index (χ2n) is 9.35. The Hall–Kier alpha value is -2.54. The van der Waals surface area contributed by atoms with Gasteiger partial charge in [0, 0.05) is 0 Å². The SMILES string of the molecule is CCCCCc1ccc(C2CCc3cc(-c4ccc(OCCCC)cc4)ccc3C2)cc1. The molecular formula is C31H38O. The molecule has 1 aliphatic carbocycles. The van der Waals surface area contributed by atoms with Crippen LogP contribution < -0.4 is 4.74 Å². The topological polar surface area (TPSA) is 9.23 Å². The van der Waals surface area contributed by atoms with Gasteiger partial charge in [-0.1, -0.05) is 87.7 Å². The van der Waals surface area contributed by atoms with Crippen molar-refractivity contribution in [3.8, 4) is 16.9 Å². The summed E-state index contributed by atoms with van der Waals surface area (Å²) in [6, 6.07) is 25.2. The monoisotopic (exact) mass is 426 g/mol. The zero-order valence-electron chi connectivity index (χ0n) is 19.9. The van der Waals surface area contributed by atoms with Crippen LogP contribution in [0.1, 0.15) is 80.5 Å². The molecule has 0 aliphatic heterocycles. The molecule has 32 heavy (non-hydrogen) atoms. The molecule has 0 N–H and O–H groups in total. The molecule has 1 nitrogen and oxygen atoms in total. The van der Waals surface area contributed by atoms with Crippen LogP contribution in [0.25, 0.3) is 11.1 Å². The van der Waals surface area contributed by atoms with Crippen LogP contribution in [0.15, 0.2) is 66.7 Å². The van der Waals surface area contributed by atoms with Crippen LogP contribution in [0.2, 0.25) is 0 Å². The van der Waals surface area contributed by atoms with Crippen molar-refractivity contribution in [2.24, 2.45) is 0 Å². The fraction of sp³-hybridized carbons (Fsp3) is 0.419. The lowest BCUT2D eigenvalue weighted by Gasteiger charge is -2.26. The Morgan fingerprint density at radius 1 is 0.750 bits per heavy atom. The normalized spacial score (nSPS) is 15.4. The van der Waals surface area contributed by atoms with Crippen molar-refractivity contribution in [2.75, 3.05) is 6.61 Å². The first-order chi connectivity index (χ1) is 15.8.